The van der Waals surface area contributed by atoms with E-state index >= 15 is 0 Å². The summed E-state index contributed by atoms with van der Waals surface area (Å²) in [5.41, 5.74) is 2.50. The molecule has 1 amide bonds. The van der Waals surface area contributed by atoms with Crippen molar-refractivity contribution in [3.05, 3.63) is 35.2 Å². The summed E-state index contributed by atoms with van der Waals surface area (Å²) in [7, 11) is 0. The van der Waals surface area contributed by atoms with Crippen molar-refractivity contribution in [2.24, 2.45) is 0 Å². The number of fused-ring (bicyclic) bond motifs is 1. The SMILES string of the molecule is CC(C)n1ccnc1[C@@H]1CCCN(C(=O)c2n[nH]c3c2COCC3)C1. The molecule has 1 fully saturated rings. The van der Waals surface area contributed by atoms with Gasteiger partial charge in [-0.15, -0.1) is 0 Å². The molecular weight excluding hydrogens is 318 g/mol. The Morgan fingerprint density at radius 2 is 2.32 bits per heavy atom. The molecule has 1 atom stereocenters. The average Bonchev–Trinajstić information content (AvgIpc) is 3.28. The summed E-state index contributed by atoms with van der Waals surface area (Å²) in [5, 5.41) is 7.30. The molecule has 0 saturated carbocycles. The molecule has 0 aromatic carbocycles. The number of ether oxygens (including phenoxy) is 1. The van der Waals surface area contributed by atoms with Crippen molar-refractivity contribution in [2.45, 2.75) is 51.7 Å². The number of aromatic nitrogens is 4. The molecule has 134 valence electrons. The number of aromatic amines is 1. The Morgan fingerprint density at radius 1 is 1.44 bits per heavy atom. The molecule has 2 aromatic rings. The lowest BCUT2D eigenvalue weighted by molar-refractivity contribution is 0.0685. The summed E-state index contributed by atoms with van der Waals surface area (Å²) < 4.78 is 7.72. The Kier molecular flexibility index (Phi) is 4.33. The molecule has 2 aliphatic rings. The number of imidazole rings is 1. The van der Waals surface area contributed by atoms with Crippen LogP contribution in [0, 0.1) is 0 Å². The van der Waals surface area contributed by atoms with E-state index in [1.165, 1.54) is 0 Å². The molecule has 4 heterocycles. The lowest BCUT2D eigenvalue weighted by Gasteiger charge is -2.33. The van der Waals surface area contributed by atoms with Crippen molar-refractivity contribution >= 4 is 5.91 Å². The summed E-state index contributed by atoms with van der Waals surface area (Å²) in [4.78, 5) is 19.5. The maximum Gasteiger partial charge on any atom is 0.274 e. The van der Waals surface area contributed by atoms with Gasteiger partial charge in [-0.2, -0.15) is 5.10 Å². The van der Waals surface area contributed by atoms with Gasteiger partial charge in [0.15, 0.2) is 5.69 Å². The highest BCUT2D eigenvalue weighted by atomic mass is 16.5. The number of nitrogens with one attached hydrogen (secondary N) is 1. The number of H-pyrrole nitrogens is 1. The van der Waals surface area contributed by atoms with Crippen molar-refractivity contribution in [1.82, 2.24) is 24.6 Å². The van der Waals surface area contributed by atoms with Crippen molar-refractivity contribution in [1.29, 1.82) is 0 Å². The third kappa shape index (κ3) is 2.97. The molecule has 1 N–H and O–H groups in total. The van der Waals surface area contributed by atoms with Crippen LogP contribution in [0.4, 0.5) is 0 Å². The van der Waals surface area contributed by atoms with Crippen LogP contribution in [0.1, 0.15) is 66.2 Å². The van der Waals surface area contributed by atoms with Gasteiger partial charge in [-0.25, -0.2) is 4.98 Å². The van der Waals surface area contributed by atoms with Crippen molar-refractivity contribution in [3.8, 4) is 0 Å². The monoisotopic (exact) mass is 343 g/mol. The molecule has 0 radical (unpaired) electrons. The highest BCUT2D eigenvalue weighted by Gasteiger charge is 2.31. The molecule has 1 saturated heterocycles. The van der Waals surface area contributed by atoms with Crippen molar-refractivity contribution in [2.75, 3.05) is 19.7 Å². The number of nitrogens with zero attached hydrogens (tertiary/aromatic N) is 4. The number of hydrogen-bond acceptors (Lipinski definition) is 4. The maximum absolute atomic E-state index is 13.0. The van der Waals surface area contributed by atoms with Crippen LogP contribution >= 0.6 is 0 Å². The topological polar surface area (TPSA) is 76.0 Å². The van der Waals surface area contributed by atoms with Gasteiger partial charge in [0.2, 0.25) is 0 Å². The highest BCUT2D eigenvalue weighted by Crippen LogP contribution is 2.29. The van der Waals surface area contributed by atoms with Gasteiger partial charge in [0.1, 0.15) is 5.82 Å². The van der Waals surface area contributed by atoms with E-state index in [1.807, 2.05) is 17.3 Å². The fraction of sp³-hybridized carbons (Fsp3) is 0.611. The zero-order valence-electron chi connectivity index (χ0n) is 14.9. The largest absolute Gasteiger partial charge is 0.376 e. The number of carbonyl (C=O) groups is 1. The minimum atomic E-state index is 0.00959. The lowest BCUT2D eigenvalue weighted by atomic mass is 9.96. The van der Waals surface area contributed by atoms with Crippen molar-refractivity contribution in [3.63, 3.8) is 0 Å². The van der Waals surface area contributed by atoms with E-state index in [0.717, 1.165) is 42.9 Å². The molecule has 0 spiro atoms. The number of rotatable bonds is 3. The van der Waals surface area contributed by atoms with Gasteiger partial charge < -0.3 is 14.2 Å². The molecule has 2 aromatic heterocycles. The van der Waals surface area contributed by atoms with E-state index in [2.05, 4.69) is 33.6 Å². The summed E-state index contributed by atoms with van der Waals surface area (Å²) in [6.45, 7) is 6.96. The predicted molar refractivity (Wildman–Crippen MR) is 92.4 cm³/mol. The van der Waals surface area contributed by atoms with Gasteiger partial charge >= 0.3 is 0 Å². The number of hydrogen-bond donors (Lipinski definition) is 1. The smallest absolute Gasteiger partial charge is 0.274 e. The standard InChI is InChI=1S/C18H25N5O2/c1-12(2)23-8-6-19-17(23)13-4-3-7-22(10-13)18(24)16-14-11-25-9-5-15(14)20-21-16/h6,8,12-13H,3-5,7,9-11H2,1-2H3,(H,20,21)/t13-/m1/s1. The Morgan fingerprint density at radius 3 is 3.16 bits per heavy atom. The average molecular weight is 343 g/mol. The van der Waals surface area contributed by atoms with Gasteiger partial charge in [-0.1, -0.05) is 0 Å². The van der Waals surface area contributed by atoms with E-state index in [0.29, 0.717) is 31.5 Å². The highest BCUT2D eigenvalue weighted by molar-refractivity contribution is 5.94. The maximum atomic E-state index is 13.0. The van der Waals surface area contributed by atoms with E-state index in [-0.39, 0.29) is 11.8 Å². The van der Waals surface area contributed by atoms with E-state index in [1.54, 1.807) is 0 Å². The summed E-state index contributed by atoms with van der Waals surface area (Å²) in [6.07, 6.45) is 6.74. The van der Waals surface area contributed by atoms with Crippen LogP contribution in [0.2, 0.25) is 0 Å². The first-order valence-electron chi connectivity index (χ1n) is 9.11. The molecule has 0 unspecified atom stereocenters. The van der Waals surface area contributed by atoms with E-state index in [4.69, 9.17) is 4.74 Å². The minimum Gasteiger partial charge on any atom is -0.376 e. The van der Waals surface area contributed by atoms with Gasteiger partial charge in [0.25, 0.3) is 5.91 Å². The van der Waals surface area contributed by atoms with Crippen LogP contribution < -0.4 is 0 Å². The van der Waals surface area contributed by atoms with E-state index in [9.17, 15) is 4.79 Å². The Bertz CT molecular complexity index is 763. The molecule has 2 aliphatic heterocycles. The second-order valence-electron chi connectivity index (χ2n) is 7.21. The van der Waals surface area contributed by atoms with Gasteiger partial charge in [0, 0.05) is 55.1 Å². The fourth-order valence-electron chi connectivity index (χ4n) is 3.89. The van der Waals surface area contributed by atoms with Crippen LogP contribution in [0.15, 0.2) is 12.4 Å². The quantitative estimate of drug-likeness (QED) is 0.928. The Balaban J connectivity index is 1.54. The van der Waals surface area contributed by atoms with Crippen molar-refractivity contribution < 1.29 is 9.53 Å². The fourth-order valence-corrected chi connectivity index (χ4v) is 3.89. The summed E-state index contributed by atoms with van der Waals surface area (Å²) in [5.74, 6) is 1.37. The molecular formula is C18H25N5O2. The summed E-state index contributed by atoms with van der Waals surface area (Å²) in [6, 6.07) is 0.374. The van der Waals surface area contributed by atoms with Gasteiger partial charge in [-0.3, -0.25) is 9.89 Å². The third-order valence-corrected chi connectivity index (χ3v) is 5.23. The Labute approximate surface area is 147 Å². The number of amides is 1. The lowest BCUT2D eigenvalue weighted by Crippen LogP contribution is -2.40. The van der Waals surface area contributed by atoms with Crippen LogP contribution in [-0.2, 0) is 17.8 Å². The van der Waals surface area contributed by atoms with Crippen LogP contribution in [-0.4, -0.2) is 50.3 Å². The van der Waals surface area contributed by atoms with Gasteiger partial charge in [0.05, 0.1) is 13.2 Å². The van der Waals surface area contributed by atoms with Gasteiger partial charge in [-0.05, 0) is 26.7 Å². The van der Waals surface area contributed by atoms with Crippen LogP contribution in [0.3, 0.4) is 0 Å². The number of carbonyl (C=O) groups excluding carboxylic acids is 1. The van der Waals surface area contributed by atoms with E-state index < -0.39 is 0 Å². The molecule has 7 heteroatoms. The predicted octanol–water partition coefficient (Wildman–Crippen LogP) is 2.28. The Hall–Kier alpha value is -2.15. The second-order valence-corrected chi connectivity index (χ2v) is 7.21. The third-order valence-electron chi connectivity index (χ3n) is 5.23. The molecule has 7 nitrogen and oxygen atoms in total. The first-order valence-corrected chi connectivity index (χ1v) is 9.11. The number of likely N-dealkylation sites (tertiary alicyclic amines) is 1. The van der Waals surface area contributed by atoms with Crippen LogP contribution in [0.5, 0.6) is 0 Å². The molecule has 25 heavy (non-hydrogen) atoms. The molecule has 4 rings (SSSR count). The first kappa shape index (κ1) is 16.3. The normalized spacial score (nSPS) is 20.8. The zero-order chi connectivity index (χ0) is 17.4. The molecule has 0 aliphatic carbocycles. The second kappa shape index (κ2) is 6.63. The van der Waals surface area contributed by atoms with Crippen LogP contribution in [0.25, 0.3) is 0 Å². The summed E-state index contributed by atoms with van der Waals surface area (Å²) >= 11 is 0. The zero-order valence-corrected chi connectivity index (χ0v) is 14.9. The molecule has 0 bridgehead atoms. The number of piperidine rings is 1. The minimum absolute atomic E-state index is 0.00959. The first-order chi connectivity index (χ1) is 12.1.